The van der Waals surface area contributed by atoms with E-state index in [1.165, 1.54) is 16.8 Å². The van der Waals surface area contributed by atoms with Crippen LogP contribution in [0, 0.1) is 5.92 Å². The van der Waals surface area contributed by atoms with Crippen LogP contribution in [-0.2, 0) is 17.5 Å². The standard InChI is InChI=1S/C23H23F3N4O3.Na/c1-14(2)33-21-8-5-16(9-19(21)23(24,25)26)20-13-30(28-27-20)18-6-3-15(4-7-18)10-29-11-17(12-29)22(31)32;/h3-9,13-14,17H,10-12H2,1-2H3,(H,31,32);/q;+1/p-1. The van der Waals surface area contributed by atoms with Gasteiger partial charge in [0.2, 0.25) is 0 Å². The number of alkyl halides is 3. The van der Waals surface area contributed by atoms with Crippen molar-refractivity contribution in [3.8, 4) is 22.7 Å². The fourth-order valence-corrected chi connectivity index (χ4v) is 3.65. The molecule has 0 bridgehead atoms. The van der Waals surface area contributed by atoms with Gasteiger partial charge in [-0.25, -0.2) is 4.68 Å². The summed E-state index contributed by atoms with van der Waals surface area (Å²) in [5.41, 5.74) is 1.42. The Balaban J connectivity index is 0.00000324. The molecule has 4 rings (SSSR count). The van der Waals surface area contributed by atoms with E-state index in [9.17, 15) is 23.1 Å². The van der Waals surface area contributed by atoms with Crippen LogP contribution in [0.4, 0.5) is 13.2 Å². The van der Waals surface area contributed by atoms with Crippen LogP contribution in [0.5, 0.6) is 5.75 Å². The molecule has 1 aliphatic rings. The van der Waals surface area contributed by atoms with Crippen LogP contribution < -0.4 is 39.4 Å². The Bertz CT molecular complexity index is 1140. The largest absolute Gasteiger partial charge is 1.00 e. The summed E-state index contributed by atoms with van der Waals surface area (Å²) in [5, 5.41) is 18.9. The molecule has 0 amide bonds. The molecule has 0 atom stereocenters. The number of hydrogen-bond acceptors (Lipinski definition) is 6. The molecule has 1 aliphatic heterocycles. The van der Waals surface area contributed by atoms with E-state index in [1.807, 2.05) is 29.2 Å². The molecule has 0 N–H and O–H groups in total. The number of carbonyl (C=O) groups excluding carboxylic acids is 1. The number of hydrogen-bond donors (Lipinski definition) is 0. The maximum Gasteiger partial charge on any atom is 1.00 e. The summed E-state index contributed by atoms with van der Waals surface area (Å²) in [6, 6.07) is 11.3. The fourth-order valence-electron chi connectivity index (χ4n) is 3.65. The molecule has 0 radical (unpaired) electrons. The molecule has 1 saturated heterocycles. The number of carbonyl (C=O) groups is 1. The first-order valence-corrected chi connectivity index (χ1v) is 10.4. The van der Waals surface area contributed by atoms with Crippen molar-refractivity contribution in [1.29, 1.82) is 0 Å². The second-order valence-corrected chi connectivity index (χ2v) is 8.30. The Morgan fingerprint density at radius 3 is 2.44 bits per heavy atom. The molecule has 7 nitrogen and oxygen atoms in total. The molecule has 0 spiro atoms. The van der Waals surface area contributed by atoms with Gasteiger partial charge in [-0.1, -0.05) is 17.3 Å². The summed E-state index contributed by atoms with van der Waals surface area (Å²) in [6.07, 6.45) is -3.39. The zero-order valence-electron chi connectivity index (χ0n) is 19.0. The van der Waals surface area contributed by atoms with Crippen LogP contribution in [-0.4, -0.2) is 45.1 Å². The van der Waals surface area contributed by atoms with Gasteiger partial charge in [-0.05, 0) is 49.7 Å². The molecule has 34 heavy (non-hydrogen) atoms. The SMILES string of the molecule is CC(C)Oc1ccc(-c2cn(-c3ccc(CN4CC(C(=O)[O-])C4)cc3)nn2)cc1C(F)(F)F.[Na+]. The van der Waals surface area contributed by atoms with E-state index in [0.717, 1.165) is 11.6 Å². The van der Waals surface area contributed by atoms with Gasteiger partial charge in [0.15, 0.2) is 0 Å². The molecule has 3 aromatic rings. The van der Waals surface area contributed by atoms with E-state index in [-0.39, 0.29) is 40.9 Å². The molecule has 1 fully saturated rings. The van der Waals surface area contributed by atoms with E-state index in [4.69, 9.17) is 4.74 Å². The van der Waals surface area contributed by atoms with E-state index < -0.39 is 29.7 Å². The molecule has 0 unspecified atom stereocenters. The second-order valence-electron chi connectivity index (χ2n) is 8.30. The van der Waals surface area contributed by atoms with Crippen molar-refractivity contribution >= 4 is 5.97 Å². The molecule has 174 valence electrons. The van der Waals surface area contributed by atoms with Crippen molar-refractivity contribution in [1.82, 2.24) is 19.9 Å². The number of rotatable bonds is 7. The average Bonchev–Trinajstić information content (AvgIpc) is 3.20. The van der Waals surface area contributed by atoms with Gasteiger partial charge in [-0.2, -0.15) is 13.2 Å². The Kier molecular flexibility index (Phi) is 8.07. The van der Waals surface area contributed by atoms with Gasteiger partial charge in [0, 0.05) is 37.1 Å². The van der Waals surface area contributed by atoms with Gasteiger partial charge < -0.3 is 14.6 Å². The molecule has 2 heterocycles. The average molecular weight is 482 g/mol. The van der Waals surface area contributed by atoms with E-state index >= 15 is 0 Å². The fraction of sp³-hybridized carbons (Fsp3) is 0.348. The third-order valence-electron chi connectivity index (χ3n) is 5.33. The van der Waals surface area contributed by atoms with Gasteiger partial charge in [0.05, 0.1) is 23.6 Å². The molecule has 11 heteroatoms. The van der Waals surface area contributed by atoms with Crippen LogP contribution in [0.25, 0.3) is 16.9 Å². The minimum absolute atomic E-state index is 0. The molecule has 2 aromatic carbocycles. The number of aliphatic carboxylic acids is 1. The van der Waals surface area contributed by atoms with Crippen molar-refractivity contribution < 1.29 is 57.4 Å². The number of likely N-dealkylation sites (tertiary alicyclic amines) is 1. The summed E-state index contributed by atoms with van der Waals surface area (Å²) in [7, 11) is 0. The summed E-state index contributed by atoms with van der Waals surface area (Å²) in [6.45, 7) is 4.89. The van der Waals surface area contributed by atoms with Crippen molar-refractivity contribution in [2.24, 2.45) is 5.92 Å². The van der Waals surface area contributed by atoms with E-state index in [0.29, 0.717) is 31.0 Å². The number of benzene rings is 2. The third-order valence-corrected chi connectivity index (χ3v) is 5.33. The van der Waals surface area contributed by atoms with Crippen molar-refractivity contribution in [3.05, 3.63) is 59.8 Å². The van der Waals surface area contributed by atoms with Crippen molar-refractivity contribution in [3.63, 3.8) is 0 Å². The minimum Gasteiger partial charge on any atom is -0.550 e. The van der Waals surface area contributed by atoms with Crippen LogP contribution >= 0.6 is 0 Å². The zero-order chi connectivity index (χ0) is 23.8. The van der Waals surface area contributed by atoms with Crippen molar-refractivity contribution in [2.45, 2.75) is 32.7 Å². The van der Waals surface area contributed by atoms with Crippen LogP contribution in [0.3, 0.4) is 0 Å². The number of halogens is 3. The number of aromatic nitrogens is 3. The van der Waals surface area contributed by atoms with Gasteiger partial charge in [0.25, 0.3) is 0 Å². The monoisotopic (exact) mass is 482 g/mol. The Hall–Kier alpha value is -2.40. The number of ether oxygens (including phenoxy) is 1. The van der Waals surface area contributed by atoms with Gasteiger partial charge in [-0.3, -0.25) is 4.90 Å². The van der Waals surface area contributed by atoms with Gasteiger partial charge in [-0.15, -0.1) is 5.10 Å². The maximum absolute atomic E-state index is 13.5. The Morgan fingerprint density at radius 1 is 1.18 bits per heavy atom. The van der Waals surface area contributed by atoms with Crippen LogP contribution in [0.2, 0.25) is 0 Å². The maximum atomic E-state index is 13.5. The van der Waals surface area contributed by atoms with Crippen molar-refractivity contribution in [2.75, 3.05) is 13.1 Å². The quantitative estimate of drug-likeness (QED) is 0.439. The number of carboxylic acid groups (broad SMARTS) is 1. The minimum atomic E-state index is -4.57. The zero-order valence-corrected chi connectivity index (χ0v) is 21.0. The Morgan fingerprint density at radius 2 is 1.85 bits per heavy atom. The summed E-state index contributed by atoms with van der Waals surface area (Å²) >= 11 is 0. The number of nitrogens with zero attached hydrogens (tertiary/aromatic N) is 4. The second kappa shape index (κ2) is 10.5. The Labute approximate surface area is 216 Å². The smallest absolute Gasteiger partial charge is 0.550 e. The molecule has 0 saturated carbocycles. The first-order valence-electron chi connectivity index (χ1n) is 10.4. The first kappa shape index (κ1) is 26.2. The van der Waals surface area contributed by atoms with Crippen LogP contribution in [0.1, 0.15) is 25.0 Å². The van der Waals surface area contributed by atoms with Crippen LogP contribution in [0.15, 0.2) is 48.7 Å². The molecular weight excluding hydrogens is 460 g/mol. The molecule has 0 aliphatic carbocycles. The normalized spacial score (nSPS) is 14.5. The summed E-state index contributed by atoms with van der Waals surface area (Å²) in [4.78, 5) is 12.8. The topological polar surface area (TPSA) is 83.3 Å². The molecular formula is C23H22F3N4NaO3. The predicted octanol–water partition coefficient (Wildman–Crippen LogP) is -0.0740. The molecule has 1 aromatic heterocycles. The number of carboxylic acids is 1. The summed E-state index contributed by atoms with van der Waals surface area (Å²) in [5.74, 6) is -1.66. The summed E-state index contributed by atoms with van der Waals surface area (Å²) < 4.78 is 47.4. The van der Waals surface area contributed by atoms with Gasteiger partial charge >= 0.3 is 35.7 Å². The first-order chi connectivity index (χ1) is 15.6. The third kappa shape index (κ3) is 5.99. The van der Waals surface area contributed by atoms with E-state index in [2.05, 4.69) is 10.3 Å². The van der Waals surface area contributed by atoms with E-state index in [1.54, 1.807) is 20.0 Å². The predicted molar refractivity (Wildman–Crippen MR) is 111 cm³/mol. The van der Waals surface area contributed by atoms with Gasteiger partial charge in [0.1, 0.15) is 11.4 Å².